The van der Waals surface area contributed by atoms with Gasteiger partial charge in [0.05, 0.1) is 17.8 Å². The molecule has 2 aromatic carbocycles. The van der Waals surface area contributed by atoms with Crippen LogP contribution in [0.4, 0.5) is 11.4 Å². The van der Waals surface area contributed by atoms with Crippen LogP contribution in [0.3, 0.4) is 0 Å². The predicted molar refractivity (Wildman–Crippen MR) is 106 cm³/mol. The van der Waals surface area contributed by atoms with Crippen LogP contribution >= 0.6 is 11.6 Å². The third-order valence-electron chi connectivity index (χ3n) is 4.28. The Kier molecular flexibility index (Phi) is 7.10. The van der Waals surface area contributed by atoms with Crippen LogP contribution in [0.1, 0.15) is 24.2 Å². The van der Waals surface area contributed by atoms with E-state index in [9.17, 15) is 14.4 Å². The number of Topliss-reactive ketones (excluding diaryl/α,β-unsaturated/α-hetero) is 1. The molecule has 0 bridgehead atoms. The van der Waals surface area contributed by atoms with Crippen LogP contribution in [-0.4, -0.2) is 37.2 Å². The van der Waals surface area contributed by atoms with E-state index in [1.54, 1.807) is 62.5 Å². The number of carbonyl (C=O) groups excluding carboxylic acids is 3. The van der Waals surface area contributed by atoms with E-state index < -0.39 is 6.04 Å². The molecule has 3 N–H and O–H groups in total. The number of anilines is 2. The Bertz CT molecular complexity index is 837. The van der Waals surface area contributed by atoms with Gasteiger partial charge in [0.1, 0.15) is 0 Å². The van der Waals surface area contributed by atoms with E-state index in [-0.39, 0.29) is 24.1 Å². The van der Waals surface area contributed by atoms with Crippen LogP contribution in [0.25, 0.3) is 0 Å². The first-order chi connectivity index (χ1) is 12.8. The Morgan fingerprint density at radius 1 is 1.04 bits per heavy atom. The maximum atomic E-state index is 12.4. The largest absolute Gasteiger partial charge is 0.321 e. The Labute approximate surface area is 163 Å². The monoisotopic (exact) mass is 388 g/mol. The summed E-state index contributed by atoms with van der Waals surface area (Å²) in [6.07, 6.45) is 0. The lowest BCUT2D eigenvalue weighted by Crippen LogP contribution is -3.14. The second-order valence-electron chi connectivity index (χ2n) is 6.40. The van der Waals surface area contributed by atoms with Crippen LogP contribution in [0.5, 0.6) is 0 Å². The summed E-state index contributed by atoms with van der Waals surface area (Å²) in [6.45, 7) is 3.35. The van der Waals surface area contributed by atoms with Crippen molar-refractivity contribution in [3.8, 4) is 0 Å². The first kappa shape index (κ1) is 20.6. The van der Waals surface area contributed by atoms with E-state index in [0.29, 0.717) is 22.0 Å². The zero-order chi connectivity index (χ0) is 20.0. The number of hydrogen-bond acceptors (Lipinski definition) is 3. The molecule has 2 atom stereocenters. The maximum Gasteiger partial charge on any atom is 0.282 e. The van der Waals surface area contributed by atoms with Crippen molar-refractivity contribution in [2.24, 2.45) is 0 Å². The highest BCUT2D eigenvalue weighted by Crippen LogP contribution is 2.19. The third kappa shape index (κ3) is 5.91. The molecule has 0 radical (unpaired) electrons. The molecule has 0 heterocycles. The van der Waals surface area contributed by atoms with Crippen molar-refractivity contribution >= 4 is 40.6 Å². The average molecular weight is 389 g/mol. The summed E-state index contributed by atoms with van der Waals surface area (Å²) in [5, 5.41) is 6.00. The lowest BCUT2D eigenvalue weighted by Gasteiger charge is -2.20. The topological polar surface area (TPSA) is 79.7 Å². The Morgan fingerprint density at radius 2 is 1.67 bits per heavy atom. The Balaban J connectivity index is 1.90. The van der Waals surface area contributed by atoms with Gasteiger partial charge in [0.15, 0.2) is 18.4 Å². The number of likely N-dealkylation sites (N-methyl/N-ethyl adjacent to an activating group) is 1. The standard InChI is InChI=1S/C20H22ClN3O3/c1-13(20(27)22-16-10-8-15(9-11-16)14(2)25)24(3)12-19(26)23-18-7-5-4-6-17(18)21/h4-11,13H,12H2,1-3H3,(H,22,27)(H,23,26)/p+1/t13-/m0/s1. The Morgan fingerprint density at radius 3 is 2.26 bits per heavy atom. The van der Waals surface area contributed by atoms with E-state index in [2.05, 4.69) is 10.6 Å². The number of hydrogen-bond donors (Lipinski definition) is 3. The van der Waals surface area contributed by atoms with Crippen molar-refractivity contribution in [2.45, 2.75) is 19.9 Å². The summed E-state index contributed by atoms with van der Waals surface area (Å²) in [7, 11) is 1.77. The minimum Gasteiger partial charge on any atom is -0.321 e. The molecule has 0 aliphatic rings. The van der Waals surface area contributed by atoms with Gasteiger partial charge in [0, 0.05) is 11.3 Å². The fourth-order valence-electron chi connectivity index (χ4n) is 2.43. The van der Waals surface area contributed by atoms with Crippen molar-refractivity contribution in [3.05, 3.63) is 59.1 Å². The van der Waals surface area contributed by atoms with E-state index >= 15 is 0 Å². The quantitative estimate of drug-likeness (QED) is 0.635. The number of quaternary nitrogens is 1. The molecule has 0 aromatic heterocycles. The highest BCUT2D eigenvalue weighted by Gasteiger charge is 2.24. The number of para-hydroxylation sites is 1. The van der Waals surface area contributed by atoms with Gasteiger partial charge in [-0.1, -0.05) is 23.7 Å². The van der Waals surface area contributed by atoms with Crippen molar-refractivity contribution in [3.63, 3.8) is 0 Å². The molecule has 0 spiro atoms. The van der Waals surface area contributed by atoms with Gasteiger partial charge in [-0.3, -0.25) is 14.4 Å². The Hall–Kier alpha value is -2.70. The van der Waals surface area contributed by atoms with Gasteiger partial charge >= 0.3 is 0 Å². The molecule has 6 nitrogen and oxygen atoms in total. The van der Waals surface area contributed by atoms with Crippen LogP contribution in [-0.2, 0) is 9.59 Å². The minimum atomic E-state index is -0.450. The fourth-order valence-corrected chi connectivity index (χ4v) is 2.61. The van der Waals surface area contributed by atoms with Gasteiger partial charge in [0.2, 0.25) is 0 Å². The molecule has 1 unspecified atom stereocenters. The third-order valence-corrected chi connectivity index (χ3v) is 4.61. The summed E-state index contributed by atoms with van der Waals surface area (Å²) >= 11 is 6.03. The normalized spacial score (nSPS) is 12.7. The lowest BCUT2D eigenvalue weighted by molar-refractivity contribution is -0.885. The van der Waals surface area contributed by atoms with Crippen LogP contribution in [0.2, 0.25) is 5.02 Å². The SMILES string of the molecule is CC(=O)c1ccc(NC(=O)[C@H](C)[NH+](C)CC(=O)Nc2ccccc2Cl)cc1. The van der Waals surface area contributed by atoms with Gasteiger partial charge < -0.3 is 15.5 Å². The molecular weight excluding hydrogens is 366 g/mol. The van der Waals surface area contributed by atoms with E-state index in [1.165, 1.54) is 6.92 Å². The number of ketones is 1. The second-order valence-corrected chi connectivity index (χ2v) is 6.80. The molecule has 0 saturated carbocycles. The van der Waals surface area contributed by atoms with Crippen molar-refractivity contribution < 1.29 is 19.3 Å². The summed E-state index contributed by atoms with van der Waals surface area (Å²) in [5.74, 6) is -0.477. The average Bonchev–Trinajstić information content (AvgIpc) is 2.63. The van der Waals surface area contributed by atoms with Crippen molar-refractivity contribution in [1.82, 2.24) is 0 Å². The minimum absolute atomic E-state index is 0.0324. The van der Waals surface area contributed by atoms with Gasteiger partial charge in [0.25, 0.3) is 11.8 Å². The van der Waals surface area contributed by atoms with Gasteiger partial charge in [-0.15, -0.1) is 0 Å². The maximum absolute atomic E-state index is 12.4. The summed E-state index contributed by atoms with van der Waals surface area (Å²) < 4.78 is 0. The molecule has 0 fully saturated rings. The van der Waals surface area contributed by atoms with E-state index in [0.717, 1.165) is 4.90 Å². The molecular formula is C20H23ClN3O3+. The zero-order valence-corrected chi connectivity index (χ0v) is 16.3. The number of carbonyl (C=O) groups is 3. The summed E-state index contributed by atoms with van der Waals surface area (Å²) in [4.78, 5) is 36.7. The number of rotatable bonds is 7. The number of nitrogens with one attached hydrogen (secondary N) is 3. The van der Waals surface area contributed by atoms with Crippen molar-refractivity contribution in [1.29, 1.82) is 0 Å². The zero-order valence-electron chi connectivity index (χ0n) is 15.5. The molecule has 0 aliphatic heterocycles. The molecule has 0 saturated heterocycles. The molecule has 7 heteroatoms. The fraction of sp³-hybridized carbons (Fsp3) is 0.250. The molecule has 27 heavy (non-hydrogen) atoms. The van der Waals surface area contributed by atoms with Crippen LogP contribution in [0.15, 0.2) is 48.5 Å². The van der Waals surface area contributed by atoms with Crippen LogP contribution in [0, 0.1) is 0 Å². The first-order valence-electron chi connectivity index (χ1n) is 8.56. The van der Waals surface area contributed by atoms with E-state index in [4.69, 9.17) is 11.6 Å². The second kappa shape index (κ2) is 9.30. The molecule has 0 aliphatic carbocycles. The van der Waals surface area contributed by atoms with Gasteiger partial charge in [-0.25, -0.2) is 0 Å². The lowest BCUT2D eigenvalue weighted by atomic mass is 10.1. The number of halogens is 1. The summed E-state index contributed by atoms with van der Waals surface area (Å²) in [5.41, 5.74) is 1.73. The van der Waals surface area contributed by atoms with Crippen molar-refractivity contribution in [2.75, 3.05) is 24.2 Å². The smallest absolute Gasteiger partial charge is 0.282 e. The molecule has 2 amide bonds. The highest BCUT2D eigenvalue weighted by atomic mass is 35.5. The number of benzene rings is 2. The van der Waals surface area contributed by atoms with Gasteiger partial charge in [-0.05, 0) is 50.2 Å². The van der Waals surface area contributed by atoms with Gasteiger partial charge in [-0.2, -0.15) is 0 Å². The molecule has 142 valence electrons. The highest BCUT2D eigenvalue weighted by molar-refractivity contribution is 6.33. The first-order valence-corrected chi connectivity index (χ1v) is 8.94. The van der Waals surface area contributed by atoms with E-state index in [1.807, 2.05) is 0 Å². The summed E-state index contributed by atoms with van der Waals surface area (Å²) in [6, 6.07) is 13.2. The van der Waals surface area contributed by atoms with Crippen LogP contribution < -0.4 is 15.5 Å². The predicted octanol–water partition coefficient (Wildman–Crippen LogP) is 2.02. The molecule has 2 aromatic rings. The number of amides is 2. The molecule has 2 rings (SSSR count).